The summed E-state index contributed by atoms with van der Waals surface area (Å²) in [7, 11) is 1.48. The van der Waals surface area contributed by atoms with Gasteiger partial charge < -0.3 is 10.1 Å². The maximum absolute atomic E-state index is 12.2. The summed E-state index contributed by atoms with van der Waals surface area (Å²) in [5.74, 6) is 0.154. The number of rotatable bonds is 3. The maximum Gasteiger partial charge on any atom is 0.260 e. The number of nitrogens with zero attached hydrogens (tertiary/aromatic N) is 2. The first-order chi connectivity index (χ1) is 9.52. The molecular weight excluding hydrogens is 369 g/mol. The average Bonchev–Trinajstić information content (AvgIpc) is 2.43. The van der Waals surface area contributed by atoms with Gasteiger partial charge in [0.1, 0.15) is 17.1 Å². The average molecular weight is 377 g/mol. The Balaban J connectivity index is 2.31. The van der Waals surface area contributed by atoms with Crippen molar-refractivity contribution in [1.29, 1.82) is 0 Å². The molecule has 0 radical (unpaired) electrons. The molecule has 1 heterocycles. The van der Waals surface area contributed by atoms with E-state index in [-0.39, 0.29) is 16.0 Å². The van der Waals surface area contributed by atoms with Crippen molar-refractivity contribution < 1.29 is 9.53 Å². The molecule has 0 spiro atoms. The van der Waals surface area contributed by atoms with Crippen LogP contribution in [-0.2, 0) is 0 Å². The number of carbonyl (C=O) groups is 1. The van der Waals surface area contributed by atoms with Crippen LogP contribution in [0.25, 0.3) is 0 Å². The van der Waals surface area contributed by atoms with E-state index in [1.54, 1.807) is 18.2 Å². The molecule has 2 rings (SSSR count). The Bertz CT molecular complexity index is 667. The number of aromatic nitrogens is 2. The topological polar surface area (TPSA) is 64.1 Å². The summed E-state index contributed by atoms with van der Waals surface area (Å²) in [5, 5.41) is 2.71. The predicted octanol–water partition coefficient (Wildman–Crippen LogP) is 3.81. The standard InChI is InChI=1S/C12H8BrCl2N3O2/c1-20-8-4-6(13)2-3-7(8)12(19)18-11-9(14)10(15)16-5-17-11/h2-5H,1H3,(H,16,17,18,19). The first kappa shape index (κ1) is 15.0. The highest BCUT2D eigenvalue weighted by Crippen LogP contribution is 2.28. The van der Waals surface area contributed by atoms with E-state index in [9.17, 15) is 4.79 Å². The molecule has 1 amide bonds. The van der Waals surface area contributed by atoms with Crippen LogP contribution in [-0.4, -0.2) is 23.0 Å². The summed E-state index contributed by atoms with van der Waals surface area (Å²) >= 11 is 15.0. The molecular formula is C12H8BrCl2N3O2. The number of benzene rings is 1. The fourth-order valence-corrected chi connectivity index (χ4v) is 2.08. The van der Waals surface area contributed by atoms with Crippen LogP contribution in [0, 0.1) is 0 Å². The lowest BCUT2D eigenvalue weighted by Crippen LogP contribution is -2.14. The van der Waals surface area contributed by atoms with E-state index in [1.807, 2.05) is 0 Å². The van der Waals surface area contributed by atoms with Gasteiger partial charge >= 0.3 is 0 Å². The van der Waals surface area contributed by atoms with Crippen molar-refractivity contribution in [3.63, 3.8) is 0 Å². The highest BCUT2D eigenvalue weighted by molar-refractivity contribution is 9.10. The van der Waals surface area contributed by atoms with Crippen molar-refractivity contribution in [2.45, 2.75) is 0 Å². The van der Waals surface area contributed by atoms with Crippen LogP contribution < -0.4 is 10.1 Å². The minimum Gasteiger partial charge on any atom is -0.496 e. The number of hydrogen-bond acceptors (Lipinski definition) is 4. The van der Waals surface area contributed by atoms with Crippen molar-refractivity contribution in [3.05, 3.63) is 44.7 Å². The molecule has 0 saturated heterocycles. The van der Waals surface area contributed by atoms with E-state index >= 15 is 0 Å². The molecule has 0 unspecified atom stereocenters. The van der Waals surface area contributed by atoms with E-state index in [1.165, 1.54) is 13.4 Å². The molecule has 8 heteroatoms. The van der Waals surface area contributed by atoms with Gasteiger partial charge in [0.15, 0.2) is 11.0 Å². The monoisotopic (exact) mass is 375 g/mol. The Hall–Kier alpha value is -1.37. The van der Waals surface area contributed by atoms with E-state index in [0.29, 0.717) is 11.3 Å². The molecule has 20 heavy (non-hydrogen) atoms. The Morgan fingerprint density at radius 2 is 2.10 bits per heavy atom. The third kappa shape index (κ3) is 3.20. The van der Waals surface area contributed by atoms with Gasteiger partial charge in [0.25, 0.3) is 5.91 Å². The van der Waals surface area contributed by atoms with Gasteiger partial charge in [-0.15, -0.1) is 0 Å². The second-order valence-corrected chi connectivity index (χ2v) is 5.28. The zero-order valence-electron chi connectivity index (χ0n) is 10.2. The molecule has 0 saturated carbocycles. The van der Waals surface area contributed by atoms with Crippen LogP contribution in [0.4, 0.5) is 5.82 Å². The summed E-state index contributed by atoms with van der Waals surface area (Å²) < 4.78 is 5.96. The summed E-state index contributed by atoms with van der Waals surface area (Å²) in [6.07, 6.45) is 1.21. The number of anilines is 1. The zero-order valence-corrected chi connectivity index (χ0v) is 13.3. The van der Waals surface area contributed by atoms with Crippen LogP contribution in [0.15, 0.2) is 29.0 Å². The molecule has 0 aliphatic rings. The van der Waals surface area contributed by atoms with Crippen molar-refractivity contribution in [1.82, 2.24) is 9.97 Å². The molecule has 1 N–H and O–H groups in total. The number of nitrogens with one attached hydrogen (secondary N) is 1. The number of hydrogen-bond donors (Lipinski definition) is 1. The predicted molar refractivity (Wildman–Crippen MR) is 80.7 cm³/mol. The largest absolute Gasteiger partial charge is 0.496 e. The SMILES string of the molecule is COc1cc(Br)ccc1C(=O)Nc1ncnc(Cl)c1Cl. The minimum absolute atomic E-state index is 0.0692. The van der Waals surface area contributed by atoms with Crippen LogP contribution in [0.2, 0.25) is 10.2 Å². The first-order valence-electron chi connectivity index (χ1n) is 5.34. The fraction of sp³-hybridized carbons (Fsp3) is 0.0833. The molecule has 104 valence electrons. The second kappa shape index (κ2) is 6.39. The highest BCUT2D eigenvalue weighted by Gasteiger charge is 2.16. The minimum atomic E-state index is -0.411. The third-order valence-corrected chi connectivity index (χ3v) is 3.62. The van der Waals surface area contributed by atoms with E-state index in [2.05, 4.69) is 31.2 Å². The second-order valence-electron chi connectivity index (χ2n) is 3.63. The van der Waals surface area contributed by atoms with Gasteiger partial charge in [0, 0.05) is 4.47 Å². The van der Waals surface area contributed by atoms with Crippen molar-refractivity contribution in [2.24, 2.45) is 0 Å². The van der Waals surface area contributed by atoms with Crippen molar-refractivity contribution >= 4 is 50.9 Å². The fourth-order valence-electron chi connectivity index (χ4n) is 1.46. The van der Waals surface area contributed by atoms with Crippen molar-refractivity contribution in [2.75, 3.05) is 12.4 Å². The summed E-state index contributed by atoms with van der Waals surface area (Å²) in [4.78, 5) is 19.8. The van der Waals surface area contributed by atoms with Gasteiger partial charge in [0.05, 0.1) is 12.7 Å². The maximum atomic E-state index is 12.2. The van der Waals surface area contributed by atoms with E-state index < -0.39 is 5.91 Å². The lowest BCUT2D eigenvalue weighted by atomic mass is 10.2. The summed E-state index contributed by atoms with van der Waals surface area (Å²) in [5.41, 5.74) is 0.349. The smallest absolute Gasteiger partial charge is 0.260 e. The van der Waals surface area contributed by atoms with Gasteiger partial charge in [-0.25, -0.2) is 9.97 Å². The molecule has 0 bridgehead atoms. The van der Waals surface area contributed by atoms with Gasteiger partial charge in [0.2, 0.25) is 0 Å². The lowest BCUT2D eigenvalue weighted by molar-refractivity contribution is 0.102. The molecule has 2 aromatic rings. The van der Waals surface area contributed by atoms with Crippen LogP contribution in [0.3, 0.4) is 0 Å². The van der Waals surface area contributed by atoms with E-state index in [0.717, 1.165) is 4.47 Å². The molecule has 1 aromatic carbocycles. The Morgan fingerprint density at radius 3 is 2.80 bits per heavy atom. The Morgan fingerprint density at radius 1 is 1.35 bits per heavy atom. The normalized spacial score (nSPS) is 10.2. The molecule has 0 aliphatic carbocycles. The Labute approximate surface area is 133 Å². The molecule has 0 aliphatic heterocycles. The van der Waals surface area contributed by atoms with Gasteiger partial charge in [-0.05, 0) is 18.2 Å². The molecule has 5 nitrogen and oxygen atoms in total. The van der Waals surface area contributed by atoms with Crippen LogP contribution in [0.5, 0.6) is 5.75 Å². The molecule has 0 fully saturated rings. The van der Waals surface area contributed by atoms with Gasteiger partial charge in [-0.3, -0.25) is 4.79 Å². The number of amides is 1. The van der Waals surface area contributed by atoms with Crippen LogP contribution >= 0.6 is 39.1 Å². The summed E-state index contributed by atoms with van der Waals surface area (Å²) in [6.45, 7) is 0. The number of halogens is 3. The Kier molecular flexibility index (Phi) is 4.80. The summed E-state index contributed by atoms with van der Waals surface area (Å²) in [6, 6.07) is 5.03. The number of methoxy groups -OCH3 is 1. The van der Waals surface area contributed by atoms with E-state index in [4.69, 9.17) is 27.9 Å². The third-order valence-electron chi connectivity index (χ3n) is 2.39. The first-order valence-corrected chi connectivity index (χ1v) is 6.88. The quantitative estimate of drug-likeness (QED) is 0.827. The van der Waals surface area contributed by atoms with Crippen LogP contribution in [0.1, 0.15) is 10.4 Å². The zero-order chi connectivity index (χ0) is 14.7. The van der Waals surface area contributed by atoms with Gasteiger partial charge in [-0.1, -0.05) is 39.1 Å². The highest BCUT2D eigenvalue weighted by atomic mass is 79.9. The lowest BCUT2D eigenvalue weighted by Gasteiger charge is -2.10. The molecule has 0 atom stereocenters. The number of carbonyl (C=O) groups excluding carboxylic acids is 1. The van der Waals surface area contributed by atoms with Crippen molar-refractivity contribution in [3.8, 4) is 5.75 Å². The number of ether oxygens (including phenoxy) is 1. The van der Waals surface area contributed by atoms with Gasteiger partial charge in [-0.2, -0.15) is 0 Å². The molecule has 1 aromatic heterocycles.